The molecule has 1 heterocycles. The van der Waals surface area contributed by atoms with Gasteiger partial charge in [0.1, 0.15) is 15.9 Å². The molecule has 0 saturated carbocycles. The van der Waals surface area contributed by atoms with Crippen molar-refractivity contribution in [1.82, 2.24) is 15.3 Å². The van der Waals surface area contributed by atoms with E-state index in [9.17, 15) is 18.0 Å². The van der Waals surface area contributed by atoms with Gasteiger partial charge in [-0.3, -0.25) is 4.79 Å². The van der Waals surface area contributed by atoms with Crippen molar-refractivity contribution in [3.8, 4) is 0 Å². The fraction of sp³-hybridized carbons (Fsp3) is 0.545. The van der Waals surface area contributed by atoms with Crippen LogP contribution < -0.4 is 11.1 Å². The van der Waals surface area contributed by atoms with Crippen LogP contribution in [0.2, 0.25) is 0 Å². The minimum Gasteiger partial charge on any atom is -0.480 e. The maximum absolute atomic E-state index is 11.8. The fourth-order valence-corrected chi connectivity index (χ4v) is 2.25. The highest BCUT2D eigenvalue weighted by Gasteiger charge is 2.24. The van der Waals surface area contributed by atoms with Gasteiger partial charge in [-0.05, 0) is 6.42 Å². The highest BCUT2D eigenvalue weighted by atomic mass is 32.2. The molecular weight excluding hydrogens is 300 g/mol. The number of imidazole rings is 1. The lowest BCUT2D eigenvalue weighted by Crippen LogP contribution is -2.49. The van der Waals surface area contributed by atoms with Gasteiger partial charge in [-0.15, -0.1) is 0 Å². The van der Waals surface area contributed by atoms with Gasteiger partial charge in [0.15, 0.2) is 0 Å². The Morgan fingerprint density at radius 1 is 1.52 bits per heavy atom. The van der Waals surface area contributed by atoms with E-state index in [0.29, 0.717) is 5.69 Å². The van der Waals surface area contributed by atoms with E-state index in [1.54, 1.807) is 0 Å². The summed E-state index contributed by atoms with van der Waals surface area (Å²) in [5.41, 5.74) is 6.11. The van der Waals surface area contributed by atoms with Crippen LogP contribution >= 0.6 is 0 Å². The van der Waals surface area contributed by atoms with Crippen LogP contribution in [0.1, 0.15) is 12.1 Å². The second-order valence-electron chi connectivity index (χ2n) is 4.71. The van der Waals surface area contributed by atoms with Crippen LogP contribution in [0, 0.1) is 0 Å². The quantitative estimate of drug-likeness (QED) is 0.444. The van der Waals surface area contributed by atoms with Crippen LogP contribution in [0.5, 0.6) is 0 Å². The van der Waals surface area contributed by atoms with Crippen LogP contribution in [0.4, 0.5) is 0 Å². The lowest BCUT2D eigenvalue weighted by molar-refractivity contribution is -0.142. The molecule has 118 valence electrons. The number of carbonyl (C=O) groups is 2. The molecule has 1 aromatic rings. The smallest absolute Gasteiger partial charge is 0.326 e. The number of H-pyrrole nitrogens is 1. The third-order valence-corrected chi connectivity index (χ3v) is 3.71. The first-order chi connectivity index (χ1) is 9.69. The standard InChI is InChI=1S/C11H18N4O5S/c1-21(19,20)3-2-8(12)10(16)15-9(11(17)18)4-7-5-13-6-14-7/h5-6,8-9H,2-4,12H2,1H3,(H,13,14)(H,15,16)(H,17,18)/t8?,9-/m0/s1. The monoisotopic (exact) mass is 318 g/mol. The van der Waals surface area contributed by atoms with Crippen molar-refractivity contribution < 1.29 is 23.1 Å². The van der Waals surface area contributed by atoms with Crippen molar-refractivity contribution in [3.63, 3.8) is 0 Å². The zero-order valence-corrected chi connectivity index (χ0v) is 12.3. The number of hydrogen-bond acceptors (Lipinski definition) is 6. The molecule has 9 nitrogen and oxygen atoms in total. The van der Waals surface area contributed by atoms with E-state index in [4.69, 9.17) is 10.8 Å². The summed E-state index contributed by atoms with van der Waals surface area (Å²) in [6.45, 7) is 0. The predicted molar refractivity (Wildman–Crippen MR) is 74.2 cm³/mol. The molecule has 0 saturated heterocycles. The first-order valence-corrected chi connectivity index (χ1v) is 8.19. The molecule has 1 unspecified atom stereocenters. The number of aromatic amines is 1. The molecule has 21 heavy (non-hydrogen) atoms. The summed E-state index contributed by atoms with van der Waals surface area (Å²) in [7, 11) is -3.23. The van der Waals surface area contributed by atoms with E-state index in [1.807, 2.05) is 0 Å². The first-order valence-electron chi connectivity index (χ1n) is 6.13. The summed E-state index contributed by atoms with van der Waals surface area (Å²) in [4.78, 5) is 29.4. The molecule has 0 fully saturated rings. The number of carboxylic acid groups (broad SMARTS) is 1. The summed E-state index contributed by atoms with van der Waals surface area (Å²) >= 11 is 0. The molecule has 0 aliphatic heterocycles. The number of hydrogen-bond donors (Lipinski definition) is 4. The molecular formula is C11H18N4O5S. The molecule has 0 bridgehead atoms. The molecule has 0 aromatic carbocycles. The van der Waals surface area contributed by atoms with Crippen LogP contribution in [-0.2, 0) is 25.8 Å². The third-order valence-electron chi connectivity index (χ3n) is 2.73. The van der Waals surface area contributed by atoms with Crippen LogP contribution in [0.25, 0.3) is 0 Å². The SMILES string of the molecule is CS(=O)(=O)CCC(N)C(=O)N[C@@H](Cc1cnc[nH]1)C(=O)O. The second-order valence-corrected chi connectivity index (χ2v) is 6.97. The molecule has 0 radical (unpaired) electrons. The number of aromatic nitrogens is 2. The predicted octanol–water partition coefficient (Wildman–Crippen LogP) is -1.72. The highest BCUT2D eigenvalue weighted by molar-refractivity contribution is 7.90. The minimum atomic E-state index is -3.23. The van der Waals surface area contributed by atoms with Crippen molar-refractivity contribution in [2.75, 3.05) is 12.0 Å². The van der Waals surface area contributed by atoms with Crippen molar-refractivity contribution in [2.24, 2.45) is 5.73 Å². The molecule has 0 aliphatic rings. The number of aliphatic carboxylic acids is 1. The molecule has 0 spiro atoms. The van der Waals surface area contributed by atoms with Gasteiger partial charge < -0.3 is 21.1 Å². The topological polar surface area (TPSA) is 155 Å². The van der Waals surface area contributed by atoms with Gasteiger partial charge >= 0.3 is 5.97 Å². The molecule has 2 atom stereocenters. The van der Waals surface area contributed by atoms with Gasteiger partial charge in [0.25, 0.3) is 0 Å². The fourth-order valence-electron chi connectivity index (χ4n) is 1.57. The van der Waals surface area contributed by atoms with E-state index < -0.39 is 33.8 Å². The van der Waals surface area contributed by atoms with Crippen LogP contribution in [0.15, 0.2) is 12.5 Å². The van der Waals surface area contributed by atoms with Crippen molar-refractivity contribution >= 4 is 21.7 Å². The van der Waals surface area contributed by atoms with Crippen LogP contribution in [-0.4, -0.2) is 59.5 Å². The number of rotatable bonds is 8. The minimum absolute atomic E-state index is 0.0276. The Balaban J connectivity index is 2.58. The van der Waals surface area contributed by atoms with Crippen molar-refractivity contribution in [1.29, 1.82) is 0 Å². The zero-order valence-electron chi connectivity index (χ0n) is 11.4. The van der Waals surface area contributed by atoms with E-state index >= 15 is 0 Å². The Hall–Kier alpha value is -1.94. The lowest BCUT2D eigenvalue weighted by Gasteiger charge is -2.17. The Bertz CT molecular complexity index is 584. The maximum Gasteiger partial charge on any atom is 0.326 e. The van der Waals surface area contributed by atoms with Crippen molar-refractivity contribution in [3.05, 3.63) is 18.2 Å². The number of carbonyl (C=O) groups excluding carboxylic acids is 1. The van der Waals surface area contributed by atoms with Gasteiger partial charge in [-0.2, -0.15) is 0 Å². The number of carboxylic acids is 1. The number of nitrogens with zero attached hydrogens (tertiary/aromatic N) is 1. The first kappa shape index (κ1) is 17.1. The summed E-state index contributed by atoms with van der Waals surface area (Å²) < 4.78 is 22.0. The largest absolute Gasteiger partial charge is 0.480 e. The number of nitrogens with one attached hydrogen (secondary N) is 2. The average molecular weight is 318 g/mol. The van der Waals surface area contributed by atoms with Gasteiger partial charge in [-0.1, -0.05) is 0 Å². The Morgan fingerprint density at radius 2 is 2.19 bits per heavy atom. The highest BCUT2D eigenvalue weighted by Crippen LogP contribution is 2.01. The van der Waals surface area contributed by atoms with Crippen LogP contribution in [0.3, 0.4) is 0 Å². The molecule has 10 heteroatoms. The van der Waals surface area contributed by atoms with Gasteiger partial charge in [0.05, 0.1) is 18.1 Å². The van der Waals surface area contributed by atoms with E-state index in [-0.39, 0.29) is 18.6 Å². The molecule has 1 rings (SSSR count). The zero-order chi connectivity index (χ0) is 16.0. The Morgan fingerprint density at radius 3 is 2.67 bits per heavy atom. The second kappa shape index (κ2) is 7.18. The number of amides is 1. The average Bonchev–Trinajstić information content (AvgIpc) is 2.86. The van der Waals surface area contributed by atoms with Crippen molar-refractivity contribution in [2.45, 2.75) is 24.9 Å². The summed E-state index contributed by atoms with van der Waals surface area (Å²) in [6, 6.07) is -2.24. The van der Waals surface area contributed by atoms with Gasteiger partial charge in [-0.25, -0.2) is 18.2 Å². The van der Waals surface area contributed by atoms with Gasteiger partial charge in [0.2, 0.25) is 5.91 Å². The molecule has 0 aliphatic carbocycles. The Labute approximate surface area is 121 Å². The molecule has 5 N–H and O–H groups in total. The van der Waals surface area contributed by atoms with E-state index in [2.05, 4.69) is 15.3 Å². The normalized spacial score (nSPS) is 14.4. The lowest BCUT2D eigenvalue weighted by atomic mass is 10.1. The van der Waals surface area contributed by atoms with E-state index in [1.165, 1.54) is 12.5 Å². The Kier molecular flexibility index (Phi) is 5.85. The summed E-state index contributed by atoms with van der Waals surface area (Å²) in [5, 5.41) is 11.4. The summed E-state index contributed by atoms with van der Waals surface area (Å²) in [6.07, 6.45) is 3.84. The molecule has 1 amide bonds. The third kappa shape index (κ3) is 6.36. The maximum atomic E-state index is 11.8. The molecule has 1 aromatic heterocycles. The summed E-state index contributed by atoms with van der Waals surface area (Å²) in [5.74, 6) is -2.15. The number of sulfone groups is 1. The van der Waals surface area contributed by atoms with Gasteiger partial charge in [0, 0.05) is 24.6 Å². The van der Waals surface area contributed by atoms with E-state index in [0.717, 1.165) is 6.26 Å². The number of nitrogens with two attached hydrogens (primary N) is 1.